The number of ether oxygens (including phenoxy) is 1. The van der Waals surface area contributed by atoms with Gasteiger partial charge in [0.1, 0.15) is 5.75 Å². The fourth-order valence-electron chi connectivity index (χ4n) is 1.81. The van der Waals surface area contributed by atoms with Crippen LogP contribution in [0.2, 0.25) is 0 Å². The molecule has 0 bridgehead atoms. The number of hydrogen-bond acceptors (Lipinski definition) is 4. The third-order valence-corrected chi connectivity index (χ3v) is 3.11. The van der Waals surface area contributed by atoms with E-state index in [-0.39, 0.29) is 12.4 Å². The van der Waals surface area contributed by atoms with E-state index in [1.807, 2.05) is 25.9 Å². The molecule has 2 N–H and O–H groups in total. The number of hydrogen-bond donors (Lipinski definition) is 2. The van der Waals surface area contributed by atoms with E-state index in [1.54, 1.807) is 12.1 Å². The predicted molar refractivity (Wildman–Crippen MR) is 74.1 cm³/mol. The predicted octanol–water partition coefficient (Wildman–Crippen LogP) is 1.65. The maximum Gasteiger partial charge on any atom is 0.387 e. The summed E-state index contributed by atoms with van der Waals surface area (Å²) in [5.41, 5.74) is 0.208. The van der Waals surface area contributed by atoms with Crippen molar-refractivity contribution in [1.29, 1.82) is 0 Å². The van der Waals surface area contributed by atoms with Gasteiger partial charge in [-0.25, -0.2) is 0 Å². The minimum Gasteiger partial charge on any atom is -0.435 e. The first-order valence-corrected chi connectivity index (χ1v) is 6.43. The van der Waals surface area contributed by atoms with Gasteiger partial charge in [-0.05, 0) is 38.7 Å². The van der Waals surface area contributed by atoms with Crippen molar-refractivity contribution in [1.82, 2.24) is 10.2 Å². The zero-order valence-corrected chi connectivity index (χ0v) is 12.1. The quantitative estimate of drug-likeness (QED) is 0.763. The van der Waals surface area contributed by atoms with Crippen LogP contribution >= 0.6 is 0 Å². The van der Waals surface area contributed by atoms with E-state index in [2.05, 4.69) is 10.1 Å². The summed E-state index contributed by atoms with van der Waals surface area (Å²) in [7, 11) is 3.93. The number of aliphatic hydroxyl groups excluding tert-OH is 1. The fraction of sp³-hybridized carbons (Fsp3) is 0.571. The Labute approximate surface area is 118 Å². The van der Waals surface area contributed by atoms with Crippen molar-refractivity contribution >= 4 is 0 Å². The number of halogens is 2. The van der Waals surface area contributed by atoms with Gasteiger partial charge in [0.05, 0.1) is 12.1 Å². The molecule has 0 saturated carbocycles. The van der Waals surface area contributed by atoms with Crippen molar-refractivity contribution in [2.45, 2.75) is 19.1 Å². The molecule has 0 aliphatic heterocycles. The standard InChI is InChI=1S/C14H22F2N2O2/c1-14(10-19,17-8-9-18(2)3)11-4-6-12(7-5-11)20-13(15)16/h4-7,13,17,19H,8-10H2,1-3H3. The molecular formula is C14H22F2N2O2. The van der Waals surface area contributed by atoms with Crippen molar-refractivity contribution in [2.75, 3.05) is 33.8 Å². The van der Waals surface area contributed by atoms with Gasteiger partial charge in [0.25, 0.3) is 0 Å². The molecular weight excluding hydrogens is 266 g/mol. The average molecular weight is 288 g/mol. The number of nitrogens with zero attached hydrogens (tertiary/aromatic N) is 1. The van der Waals surface area contributed by atoms with E-state index in [0.717, 1.165) is 12.1 Å². The van der Waals surface area contributed by atoms with Gasteiger partial charge in [-0.3, -0.25) is 0 Å². The van der Waals surface area contributed by atoms with Crippen LogP contribution in [0.4, 0.5) is 8.78 Å². The SMILES string of the molecule is CN(C)CCNC(C)(CO)c1ccc(OC(F)F)cc1. The van der Waals surface area contributed by atoms with Gasteiger partial charge >= 0.3 is 6.61 Å². The van der Waals surface area contributed by atoms with Crippen LogP contribution in [-0.4, -0.2) is 50.4 Å². The lowest BCUT2D eigenvalue weighted by molar-refractivity contribution is -0.0498. The molecule has 1 unspecified atom stereocenters. The summed E-state index contributed by atoms with van der Waals surface area (Å²) in [5, 5.41) is 12.9. The molecule has 1 atom stereocenters. The van der Waals surface area contributed by atoms with Crippen LogP contribution in [0.1, 0.15) is 12.5 Å². The second kappa shape index (κ2) is 7.52. The molecule has 0 aliphatic rings. The Morgan fingerprint density at radius 1 is 1.30 bits per heavy atom. The van der Waals surface area contributed by atoms with Crippen molar-refractivity contribution in [2.24, 2.45) is 0 Å². The van der Waals surface area contributed by atoms with Crippen LogP contribution in [0, 0.1) is 0 Å². The molecule has 0 spiro atoms. The van der Waals surface area contributed by atoms with Crippen molar-refractivity contribution in [3.63, 3.8) is 0 Å². The lowest BCUT2D eigenvalue weighted by atomic mass is 9.93. The molecule has 0 fully saturated rings. The zero-order valence-electron chi connectivity index (χ0n) is 12.1. The summed E-state index contributed by atoms with van der Waals surface area (Å²) in [6.07, 6.45) is 0. The molecule has 0 radical (unpaired) electrons. The normalized spacial score (nSPS) is 14.6. The second-order valence-electron chi connectivity index (χ2n) is 5.12. The van der Waals surface area contributed by atoms with Crippen LogP contribution in [-0.2, 0) is 5.54 Å². The highest BCUT2D eigenvalue weighted by Crippen LogP contribution is 2.23. The molecule has 0 saturated heterocycles. The van der Waals surface area contributed by atoms with Crippen LogP contribution in [0.3, 0.4) is 0 Å². The third kappa shape index (κ3) is 5.03. The number of likely N-dealkylation sites (N-methyl/N-ethyl adjacent to an activating group) is 1. The van der Waals surface area contributed by atoms with Gasteiger partial charge < -0.3 is 20.1 Å². The Hall–Kier alpha value is -1.24. The number of alkyl halides is 2. The van der Waals surface area contributed by atoms with Crippen LogP contribution < -0.4 is 10.1 Å². The summed E-state index contributed by atoms with van der Waals surface area (Å²) < 4.78 is 28.5. The molecule has 0 heterocycles. The van der Waals surface area contributed by atoms with E-state index in [4.69, 9.17) is 0 Å². The second-order valence-corrected chi connectivity index (χ2v) is 5.12. The summed E-state index contributed by atoms with van der Waals surface area (Å²) in [5.74, 6) is 0.109. The summed E-state index contributed by atoms with van der Waals surface area (Å²) in [4.78, 5) is 2.03. The van der Waals surface area contributed by atoms with Crippen molar-refractivity contribution in [3.05, 3.63) is 29.8 Å². The van der Waals surface area contributed by atoms with Crippen molar-refractivity contribution in [3.8, 4) is 5.75 Å². The first-order valence-electron chi connectivity index (χ1n) is 6.43. The maximum absolute atomic E-state index is 12.1. The Bertz CT molecular complexity index is 399. The molecule has 1 aromatic rings. The van der Waals surface area contributed by atoms with Crippen LogP contribution in [0.25, 0.3) is 0 Å². The van der Waals surface area contributed by atoms with Gasteiger partial charge in [0.2, 0.25) is 0 Å². The monoisotopic (exact) mass is 288 g/mol. The van der Waals surface area contributed by atoms with Gasteiger partial charge in [-0.1, -0.05) is 12.1 Å². The Balaban J connectivity index is 2.72. The van der Waals surface area contributed by atoms with Gasteiger partial charge in [0.15, 0.2) is 0 Å². The molecule has 6 heteroatoms. The van der Waals surface area contributed by atoms with E-state index < -0.39 is 12.2 Å². The fourth-order valence-corrected chi connectivity index (χ4v) is 1.81. The van der Waals surface area contributed by atoms with E-state index in [9.17, 15) is 13.9 Å². The highest BCUT2D eigenvalue weighted by Gasteiger charge is 2.25. The molecule has 20 heavy (non-hydrogen) atoms. The maximum atomic E-state index is 12.1. The van der Waals surface area contributed by atoms with E-state index >= 15 is 0 Å². The number of rotatable bonds is 8. The van der Waals surface area contributed by atoms with E-state index in [0.29, 0.717) is 6.54 Å². The molecule has 4 nitrogen and oxygen atoms in total. The summed E-state index contributed by atoms with van der Waals surface area (Å²) in [6.45, 7) is 0.492. The highest BCUT2D eigenvalue weighted by molar-refractivity contribution is 5.31. The lowest BCUT2D eigenvalue weighted by Crippen LogP contribution is -2.45. The average Bonchev–Trinajstić information content (AvgIpc) is 2.38. The number of nitrogens with one attached hydrogen (secondary N) is 1. The molecule has 0 aromatic heterocycles. The van der Waals surface area contributed by atoms with Crippen LogP contribution in [0.5, 0.6) is 5.75 Å². The Kier molecular flexibility index (Phi) is 6.32. The third-order valence-electron chi connectivity index (χ3n) is 3.11. The van der Waals surface area contributed by atoms with Crippen LogP contribution in [0.15, 0.2) is 24.3 Å². The molecule has 1 rings (SSSR count). The Morgan fingerprint density at radius 2 is 1.90 bits per heavy atom. The minimum atomic E-state index is -2.83. The topological polar surface area (TPSA) is 44.7 Å². The Morgan fingerprint density at radius 3 is 2.35 bits per heavy atom. The largest absolute Gasteiger partial charge is 0.435 e. The van der Waals surface area contributed by atoms with Crippen molar-refractivity contribution < 1.29 is 18.6 Å². The first-order chi connectivity index (χ1) is 9.37. The summed E-state index contributed by atoms with van der Waals surface area (Å²) in [6, 6.07) is 6.30. The first kappa shape index (κ1) is 16.8. The minimum absolute atomic E-state index is 0.0878. The number of aliphatic hydroxyl groups is 1. The van der Waals surface area contributed by atoms with Gasteiger partial charge in [0, 0.05) is 13.1 Å². The molecule has 1 aromatic carbocycles. The van der Waals surface area contributed by atoms with E-state index in [1.165, 1.54) is 12.1 Å². The summed E-state index contributed by atoms with van der Waals surface area (Å²) >= 11 is 0. The molecule has 0 aliphatic carbocycles. The number of benzene rings is 1. The smallest absolute Gasteiger partial charge is 0.387 e. The van der Waals surface area contributed by atoms with Gasteiger partial charge in [-0.15, -0.1) is 0 Å². The van der Waals surface area contributed by atoms with Gasteiger partial charge in [-0.2, -0.15) is 8.78 Å². The molecule has 114 valence electrons. The highest BCUT2D eigenvalue weighted by atomic mass is 19.3. The molecule has 0 amide bonds. The zero-order chi connectivity index (χ0) is 15.2. The lowest BCUT2D eigenvalue weighted by Gasteiger charge is -2.30.